The molecule has 6 aliphatic rings. The van der Waals surface area contributed by atoms with Crippen LogP contribution < -0.4 is 4.90 Å². The first kappa shape index (κ1) is 26.6. The quantitative estimate of drug-likeness (QED) is 0.317. The molecule has 1 amide bonds. The second-order valence-corrected chi connectivity index (χ2v) is 16.1. The van der Waals surface area contributed by atoms with E-state index in [0.717, 1.165) is 98.6 Å². The Bertz CT molecular complexity index is 1580. The molecule has 3 heterocycles. The maximum absolute atomic E-state index is 14.2. The number of fused-ring (bicyclic) bond motifs is 3. The number of benzene rings is 1. The Balaban J connectivity index is 1.06. The Morgan fingerprint density at radius 2 is 1.60 bits per heavy atom. The van der Waals surface area contributed by atoms with Crippen LogP contribution in [0, 0.1) is 11.3 Å². The van der Waals surface area contributed by atoms with Gasteiger partial charge >= 0.3 is 0 Å². The number of anilines is 1. The summed E-state index contributed by atoms with van der Waals surface area (Å²) >= 11 is 0. The first-order valence-electron chi connectivity index (χ1n) is 15.7. The highest BCUT2D eigenvalue weighted by atomic mass is 32.2. The van der Waals surface area contributed by atoms with Crippen molar-refractivity contribution in [3.05, 3.63) is 47.7 Å². The van der Waals surface area contributed by atoms with Gasteiger partial charge in [0.15, 0.2) is 11.6 Å². The zero-order valence-corrected chi connectivity index (χ0v) is 24.8. The number of carbonyl (C=O) groups is 1. The van der Waals surface area contributed by atoms with Crippen molar-refractivity contribution in [3.8, 4) is 11.3 Å². The molecule has 5 aliphatic carbocycles. The highest BCUT2D eigenvalue weighted by Crippen LogP contribution is 2.58. The van der Waals surface area contributed by atoms with Crippen molar-refractivity contribution in [2.24, 2.45) is 11.3 Å². The zero-order chi connectivity index (χ0) is 28.5. The van der Waals surface area contributed by atoms with Gasteiger partial charge in [-0.1, -0.05) is 22.4 Å². The number of hydrogen-bond acceptors (Lipinski definition) is 8. The Hall–Kier alpha value is -3.01. The molecule has 42 heavy (non-hydrogen) atoms. The molecule has 9 rings (SSSR count). The van der Waals surface area contributed by atoms with E-state index in [2.05, 4.69) is 10.3 Å². The molecule has 0 N–H and O–H groups in total. The summed E-state index contributed by atoms with van der Waals surface area (Å²) in [6.45, 7) is 0.634. The van der Waals surface area contributed by atoms with Gasteiger partial charge in [0, 0.05) is 47.0 Å². The van der Waals surface area contributed by atoms with Crippen molar-refractivity contribution in [2.75, 3.05) is 23.0 Å². The molecule has 2 bridgehead atoms. The molecule has 5 saturated carbocycles. The topological polar surface area (TPSA) is 119 Å². The third kappa shape index (κ3) is 4.89. The van der Waals surface area contributed by atoms with Gasteiger partial charge in [0.05, 0.1) is 17.2 Å². The normalized spacial score (nSPS) is 29.0. The van der Waals surface area contributed by atoms with E-state index in [1.165, 1.54) is 0 Å². The van der Waals surface area contributed by atoms with Gasteiger partial charge in [-0.05, 0) is 94.6 Å². The number of hydrogen-bond donors (Lipinski definition) is 0. The van der Waals surface area contributed by atoms with Gasteiger partial charge in [0.25, 0.3) is 0 Å². The van der Waals surface area contributed by atoms with Crippen molar-refractivity contribution >= 4 is 21.4 Å². The maximum atomic E-state index is 14.2. The molecular formula is C32H38N4O5S. The molecule has 1 aromatic carbocycles. The van der Waals surface area contributed by atoms with Crippen LogP contribution in [0.15, 0.2) is 39.4 Å². The summed E-state index contributed by atoms with van der Waals surface area (Å²) in [5.74, 6) is 3.32. The number of sulfone groups is 1. The van der Waals surface area contributed by atoms with E-state index in [-0.39, 0.29) is 34.2 Å². The predicted octanol–water partition coefficient (Wildman–Crippen LogP) is 5.93. The lowest BCUT2D eigenvalue weighted by atomic mass is 9.53. The van der Waals surface area contributed by atoms with Crippen molar-refractivity contribution in [3.63, 3.8) is 0 Å². The summed E-state index contributed by atoms with van der Waals surface area (Å²) in [7, 11) is -3.06. The third-order valence-electron chi connectivity index (χ3n) is 10.9. The van der Waals surface area contributed by atoms with Crippen LogP contribution in [0.2, 0.25) is 0 Å². The van der Waals surface area contributed by atoms with E-state index in [1.807, 2.05) is 35.2 Å². The summed E-state index contributed by atoms with van der Waals surface area (Å²) in [5.41, 5.74) is 2.73. The number of amides is 1. The Kier molecular flexibility index (Phi) is 6.18. The largest absolute Gasteiger partial charge is 0.356 e. The standard InChI is InChI=1S/C32H38N4O5S/c37-29(23-8-16-42(38,39)17-9-23)36(25-3-1-2-24(18-25)27-19-26(34-40-27)21-4-5-21)20-31-10-13-32(14-11-31,15-12-31)30-33-28(35-41-30)22-6-7-22/h1-3,18-19,21-23H,4-17,20H2. The van der Waals surface area contributed by atoms with Gasteiger partial charge < -0.3 is 13.9 Å². The van der Waals surface area contributed by atoms with Crippen LogP contribution in [0.4, 0.5) is 5.69 Å². The van der Waals surface area contributed by atoms with Crippen LogP contribution in [0.1, 0.15) is 106 Å². The predicted molar refractivity (Wildman–Crippen MR) is 156 cm³/mol. The van der Waals surface area contributed by atoms with Gasteiger partial charge in [-0.2, -0.15) is 4.98 Å². The first-order valence-corrected chi connectivity index (χ1v) is 17.6. The average molecular weight is 591 g/mol. The molecule has 0 spiro atoms. The molecule has 222 valence electrons. The van der Waals surface area contributed by atoms with Gasteiger partial charge in [0.2, 0.25) is 11.8 Å². The highest BCUT2D eigenvalue weighted by molar-refractivity contribution is 7.91. The minimum atomic E-state index is -3.06. The van der Waals surface area contributed by atoms with Gasteiger partial charge in [-0.3, -0.25) is 4.79 Å². The monoisotopic (exact) mass is 590 g/mol. The molecule has 1 saturated heterocycles. The van der Waals surface area contributed by atoms with Crippen LogP contribution in [0.5, 0.6) is 0 Å². The highest BCUT2D eigenvalue weighted by Gasteiger charge is 2.53. The fourth-order valence-corrected chi connectivity index (χ4v) is 9.08. The summed E-state index contributed by atoms with van der Waals surface area (Å²) < 4.78 is 35.9. The Morgan fingerprint density at radius 1 is 0.881 bits per heavy atom. The van der Waals surface area contributed by atoms with E-state index >= 15 is 0 Å². The summed E-state index contributed by atoms with van der Waals surface area (Å²) in [4.78, 5) is 21.0. The molecule has 3 aromatic rings. The second-order valence-electron chi connectivity index (χ2n) is 13.8. The smallest absolute Gasteiger partial charge is 0.232 e. The minimum Gasteiger partial charge on any atom is -0.356 e. The van der Waals surface area contributed by atoms with Crippen molar-refractivity contribution in [2.45, 2.75) is 94.3 Å². The van der Waals surface area contributed by atoms with Crippen LogP contribution >= 0.6 is 0 Å². The number of rotatable bonds is 8. The summed E-state index contributed by atoms with van der Waals surface area (Å²) in [5, 5.41) is 8.60. The zero-order valence-electron chi connectivity index (χ0n) is 24.0. The molecule has 10 heteroatoms. The lowest BCUT2D eigenvalue weighted by Crippen LogP contribution is -2.52. The van der Waals surface area contributed by atoms with E-state index in [4.69, 9.17) is 14.0 Å². The number of carbonyl (C=O) groups excluding carboxylic acids is 1. The lowest BCUT2D eigenvalue weighted by molar-refractivity contribution is -0.123. The van der Waals surface area contributed by atoms with Crippen LogP contribution in [0.3, 0.4) is 0 Å². The second kappa shape index (κ2) is 9.76. The third-order valence-corrected chi connectivity index (χ3v) is 12.6. The van der Waals surface area contributed by atoms with Crippen LogP contribution in [-0.4, -0.2) is 47.7 Å². The van der Waals surface area contributed by atoms with Crippen LogP contribution in [0.25, 0.3) is 11.3 Å². The fourth-order valence-electron chi connectivity index (χ4n) is 7.59. The SMILES string of the molecule is O=C(C1CCS(=O)(=O)CC1)N(CC12CCC(c3nc(C4CC4)no3)(CC1)CC2)c1cccc(-c2cc(C3CC3)no2)c1. The van der Waals surface area contributed by atoms with Crippen molar-refractivity contribution in [1.29, 1.82) is 0 Å². The molecule has 0 atom stereocenters. The van der Waals surface area contributed by atoms with Gasteiger partial charge in [0.1, 0.15) is 9.84 Å². The fraction of sp³-hybridized carbons (Fsp3) is 0.625. The van der Waals surface area contributed by atoms with Crippen molar-refractivity contribution < 1.29 is 22.3 Å². The van der Waals surface area contributed by atoms with E-state index in [1.54, 1.807) is 0 Å². The molecule has 0 radical (unpaired) electrons. The van der Waals surface area contributed by atoms with Gasteiger partial charge in [-0.15, -0.1) is 0 Å². The van der Waals surface area contributed by atoms with Gasteiger partial charge in [-0.25, -0.2) is 8.42 Å². The molecule has 6 fully saturated rings. The maximum Gasteiger partial charge on any atom is 0.232 e. The van der Waals surface area contributed by atoms with E-state index in [0.29, 0.717) is 31.2 Å². The summed E-state index contributed by atoms with van der Waals surface area (Å²) in [6, 6.07) is 10.1. The minimum absolute atomic E-state index is 0.0128. The van der Waals surface area contributed by atoms with E-state index < -0.39 is 9.84 Å². The lowest BCUT2D eigenvalue weighted by Gasteiger charge is -2.53. The Labute approximate surface area is 246 Å². The number of nitrogens with zero attached hydrogens (tertiary/aromatic N) is 4. The molecule has 2 aromatic heterocycles. The molecule has 1 aliphatic heterocycles. The van der Waals surface area contributed by atoms with Crippen molar-refractivity contribution in [1.82, 2.24) is 15.3 Å². The summed E-state index contributed by atoms with van der Waals surface area (Å²) in [6.07, 6.45) is 11.4. The number of aromatic nitrogens is 3. The first-order chi connectivity index (χ1) is 20.3. The average Bonchev–Trinajstić information content (AvgIpc) is 3.95. The van der Waals surface area contributed by atoms with Crippen LogP contribution in [-0.2, 0) is 20.0 Å². The molecular weight excluding hydrogens is 552 g/mol. The molecule has 0 unspecified atom stereocenters. The Morgan fingerprint density at radius 3 is 2.29 bits per heavy atom. The molecule has 9 nitrogen and oxygen atoms in total. The van der Waals surface area contributed by atoms with E-state index in [9.17, 15) is 13.2 Å².